The van der Waals surface area contributed by atoms with Crippen LogP contribution in [0.15, 0.2) is 0 Å². The van der Waals surface area contributed by atoms with Crippen LogP contribution in [0.5, 0.6) is 0 Å². The normalized spacial score (nSPS) is 4.80. The summed E-state index contributed by atoms with van der Waals surface area (Å²) in [5.41, 5.74) is 0. The summed E-state index contributed by atoms with van der Waals surface area (Å²) in [6.07, 6.45) is -7.00. The molecule has 0 rings (SSSR count). The van der Waals surface area contributed by atoms with Crippen molar-refractivity contribution in [2.24, 2.45) is 0 Å². The first-order valence-corrected chi connectivity index (χ1v) is 1.84. The fraction of sp³-hybridized carbons (Fsp3) is 0. The summed E-state index contributed by atoms with van der Waals surface area (Å²) >= 11 is 0. The molecule has 0 heterocycles. The fourth-order valence-electron chi connectivity index (χ4n) is 0. The van der Waals surface area contributed by atoms with Crippen LogP contribution in [0.3, 0.4) is 0 Å². The molecule has 15 heavy (non-hydrogen) atoms. The van der Waals surface area contributed by atoms with E-state index < -0.39 is 18.5 Å². The van der Waals surface area contributed by atoms with Gasteiger partial charge < -0.3 is 46.4 Å². The Labute approximate surface area is 118 Å². The molecule has 0 fully saturated rings. The molecule has 84 valence electrons. The Hall–Kier alpha value is -0.554. The van der Waals surface area contributed by atoms with Gasteiger partial charge in [0.1, 0.15) is 0 Å². The quantitative estimate of drug-likeness (QED) is 0.391. The van der Waals surface area contributed by atoms with Crippen molar-refractivity contribution >= 4 is 18.5 Å². The summed E-state index contributed by atoms with van der Waals surface area (Å²) in [6.45, 7) is 0. The Balaban J connectivity index is -0.0000000135. The zero-order valence-corrected chi connectivity index (χ0v) is 9.09. The van der Waals surface area contributed by atoms with E-state index in [1.165, 1.54) is 0 Å². The molecule has 0 aromatic heterocycles. The third-order valence-corrected chi connectivity index (χ3v) is 0. The zero-order chi connectivity index (χ0) is 10.7. The van der Waals surface area contributed by atoms with E-state index in [9.17, 15) is 0 Å². The first kappa shape index (κ1) is 36.6. The van der Waals surface area contributed by atoms with Crippen molar-refractivity contribution < 1.29 is 99.4 Å². The zero-order valence-electron chi connectivity index (χ0n) is 7.88. The molecule has 0 aliphatic heterocycles. The second kappa shape index (κ2) is 29.2. The molecule has 2 radical (unpaired) electrons. The molecule has 0 atom stereocenters. The summed E-state index contributed by atoms with van der Waals surface area (Å²) in [5, 5.41) is 50.0. The molecule has 0 saturated heterocycles. The Morgan fingerprint density at radius 1 is 0.600 bits per heavy atom. The van der Waals surface area contributed by atoms with Crippen LogP contribution in [0.4, 0.5) is 14.4 Å². The second-order valence-electron chi connectivity index (χ2n) is 0.750. The van der Waals surface area contributed by atoms with E-state index in [2.05, 4.69) is 0 Å². The number of carbonyl (C=O) groups is 3. The molecule has 0 bridgehead atoms. The second-order valence-corrected chi connectivity index (χ2v) is 0.750. The summed E-state index contributed by atoms with van der Waals surface area (Å²) in [5.74, 6) is 0. The molecule has 0 unspecified atom stereocenters. The third kappa shape index (κ3) is 5750. The van der Waals surface area contributed by atoms with Crippen molar-refractivity contribution in [2.45, 2.75) is 0 Å². The molecule has 0 aliphatic rings. The van der Waals surface area contributed by atoms with Crippen molar-refractivity contribution in [1.29, 1.82) is 0 Å². The smallest absolute Gasteiger partial charge is 1.00 e. The van der Waals surface area contributed by atoms with Gasteiger partial charge in [-0.15, -0.1) is 0 Å². The Bertz CT molecular complexity index is 126. The van der Waals surface area contributed by atoms with Gasteiger partial charge in [-0.05, 0) is 18.5 Å². The van der Waals surface area contributed by atoms with E-state index in [0.717, 1.165) is 0 Å². The van der Waals surface area contributed by atoms with Crippen molar-refractivity contribution in [2.75, 3.05) is 0 Å². The van der Waals surface area contributed by atoms with Gasteiger partial charge in [-0.2, -0.15) is 0 Å². The van der Waals surface area contributed by atoms with Crippen molar-refractivity contribution in [3.63, 3.8) is 0 Å². The number of hydrogen-bond donors (Lipinski definition) is 0. The molecule has 12 heteroatoms. The third-order valence-electron chi connectivity index (χ3n) is 0. The van der Waals surface area contributed by atoms with Gasteiger partial charge in [0.25, 0.3) is 0 Å². The number of carbonyl (C=O) groups excluding carboxylic acids is 3. The average Bonchev–Trinajstić information content (AvgIpc) is 1.54. The summed E-state index contributed by atoms with van der Waals surface area (Å²) in [6, 6.07) is 0. The molecule has 0 aliphatic carbocycles. The minimum Gasteiger partial charge on any atom is -1.00 e. The van der Waals surface area contributed by atoms with Crippen LogP contribution in [-0.2, 0) is 34.1 Å². The van der Waals surface area contributed by atoms with Crippen LogP contribution in [-0.4, -0.2) is 18.5 Å². The van der Waals surface area contributed by atoms with E-state index in [1.807, 2.05) is 0 Å². The number of hydrogen-bond acceptors (Lipinski definition) is 9. The van der Waals surface area contributed by atoms with Crippen LogP contribution in [0.25, 0.3) is 0 Å². The van der Waals surface area contributed by atoms with Crippen molar-refractivity contribution in [3.8, 4) is 0 Å². The SMILES string of the molecule is O=C([O-])[O-].O=C([O-])[O-].O=C([O-])[O-].[Fe+3].[Fe+3].[H-].[Li+]. The number of rotatable bonds is 0. The van der Waals surface area contributed by atoms with Gasteiger partial charge in [-0.1, -0.05) is 0 Å². The summed E-state index contributed by atoms with van der Waals surface area (Å²) in [4.78, 5) is 25.0. The summed E-state index contributed by atoms with van der Waals surface area (Å²) in [7, 11) is 0. The van der Waals surface area contributed by atoms with Crippen LogP contribution >= 0.6 is 0 Å². The average molecular weight is 300 g/mol. The maximum absolute atomic E-state index is 8.33. The molecular weight excluding hydrogens is 299 g/mol. The van der Waals surface area contributed by atoms with Crippen LogP contribution in [0.2, 0.25) is 0 Å². The standard InChI is InChI=1S/3CH2O3.2Fe.Li.H/c3*2-1(3)4;;;;/h3*(H2,2,3,4);;;;/q;;;2*+3;+1;-1/p-6. The van der Waals surface area contributed by atoms with Crippen LogP contribution in [0.1, 0.15) is 1.43 Å². The minimum absolute atomic E-state index is 0. The summed E-state index contributed by atoms with van der Waals surface area (Å²) < 4.78 is 0. The molecule has 0 amide bonds. The predicted octanol–water partition coefficient (Wildman–Crippen LogP) is -10.2. The largest absolute Gasteiger partial charge is 3.00 e. The van der Waals surface area contributed by atoms with Crippen LogP contribution in [0, 0.1) is 0 Å². The Morgan fingerprint density at radius 2 is 0.600 bits per heavy atom. The Morgan fingerprint density at radius 3 is 0.600 bits per heavy atom. The van der Waals surface area contributed by atoms with Crippen LogP contribution < -0.4 is 49.5 Å². The molecule has 0 N–H and O–H groups in total. The van der Waals surface area contributed by atoms with E-state index in [0.29, 0.717) is 0 Å². The maximum atomic E-state index is 8.33. The van der Waals surface area contributed by atoms with Gasteiger partial charge >= 0.3 is 53.0 Å². The van der Waals surface area contributed by atoms with Gasteiger partial charge in [0.15, 0.2) is 0 Å². The van der Waals surface area contributed by atoms with E-state index >= 15 is 0 Å². The predicted molar refractivity (Wildman–Crippen MR) is 17.3 cm³/mol. The molecule has 0 aromatic rings. The molecule has 0 spiro atoms. The minimum atomic E-state index is -2.33. The monoisotopic (exact) mass is 300 g/mol. The molecule has 0 saturated carbocycles. The van der Waals surface area contributed by atoms with Gasteiger partial charge in [-0.3, -0.25) is 0 Å². The topological polar surface area (TPSA) is 190 Å². The molecule has 0 aromatic carbocycles. The van der Waals surface area contributed by atoms with Crippen molar-refractivity contribution in [3.05, 3.63) is 0 Å². The number of carboxylic acid groups (broad SMARTS) is 6. The fourth-order valence-corrected chi connectivity index (χ4v) is 0. The van der Waals surface area contributed by atoms with Gasteiger partial charge in [0, 0.05) is 0 Å². The van der Waals surface area contributed by atoms with Gasteiger partial charge in [-0.25, -0.2) is 0 Å². The molecule has 9 nitrogen and oxygen atoms in total. The van der Waals surface area contributed by atoms with E-state index in [4.69, 9.17) is 45.0 Å². The first-order valence-electron chi connectivity index (χ1n) is 1.84. The van der Waals surface area contributed by atoms with Gasteiger partial charge in [0.2, 0.25) is 0 Å². The van der Waals surface area contributed by atoms with E-state index in [1.54, 1.807) is 0 Å². The van der Waals surface area contributed by atoms with E-state index in [-0.39, 0.29) is 54.4 Å². The molecular formula is C3HFe2LiO9. The maximum Gasteiger partial charge on any atom is 3.00 e. The first-order chi connectivity index (χ1) is 5.20. The Kier molecular flexibility index (Phi) is 71.3. The van der Waals surface area contributed by atoms with Crippen molar-refractivity contribution in [1.82, 2.24) is 0 Å². The van der Waals surface area contributed by atoms with Gasteiger partial charge in [0.05, 0.1) is 0 Å².